The molecule has 0 aliphatic heterocycles. The van der Waals surface area contributed by atoms with Crippen LogP contribution < -0.4 is 4.72 Å². The second kappa shape index (κ2) is 7.19. The minimum Gasteiger partial charge on any atom is -0.469 e. The minimum atomic E-state index is -3.80. The van der Waals surface area contributed by atoms with E-state index in [1.165, 1.54) is 33.2 Å². The molecule has 0 atom stereocenters. The molecule has 1 aromatic rings. The quantitative estimate of drug-likeness (QED) is 0.599. The Morgan fingerprint density at radius 1 is 1.33 bits per heavy atom. The molecule has 0 amide bonds. The van der Waals surface area contributed by atoms with Gasteiger partial charge in [0.15, 0.2) is 5.78 Å². The summed E-state index contributed by atoms with van der Waals surface area (Å²) >= 11 is 0. The zero-order valence-electron chi connectivity index (χ0n) is 12.1. The fourth-order valence-electron chi connectivity index (χ4n) is 1.50. The molecule has 1 rings (SSSR count). The second-order valence-corrected chi connectivity index (χ2v) is 6.17. The fourth-order valence-corrected chi connectivity index (χ4v) is 2.41. The van der Waals surface area contributed by atoms with E-state index in [2.05, 4.69) is 9.46 Å². The van der Waals surface area contributed by atoms with Gasteiger partial charge in [-0.05, 0) is 19.1 Å². The molecule has 0 aliphatic carbocycles. The lowest BCUT2D eigenvalue weighted by molar-refractivity contribution is -0.140. The van der Waals surface area contributed by atoms with Crippen molar-refractivity contribution in [3.63, 3.8) is 0 Å². The molecule has 7 nitrogen and oxygen atoms in total. The van der Waals surface area contributed by atoms with Crippen LogP contribution in [0.15, 0.2) is 24.3 Å². The van der Waals surface area contributed by atoms with Crippen molar-refractivity contribution >= 4 is 27.6 Å². The van der Waals surface area contributed by atoms with E-state index >= 15 is 0 Å². The van der Waals surface area contributed by atoms with E-state index in [0.717, 1.165) is 4.31 Å². The van der Waals surface area contributed by atoms with Crippen LogP contribution in [0.4, 0.5) is 5.69 Å². The number of hydrogen-bond donors (Lipinski definition) is 1. The number of methoxy groups -OCH3 is 1. The van der Waals surface area contributed by atoms with Gasteiger partial charge >= 0.3 is 16.2 Å². The minimum absolute atomic E-state index is 0.00555. The average Bonchev–Trinajstić information content (AvgIpc) is 2.43. The highest BCUT2D eigenvalue weighted by atomic mass is 32.2. The number of rotatable bonds is 7. The standard InChI is InChI=1S/C13H18N2O5S/c1-10(16)11-5-4-6-12(9-11)14-21(18,19)15(2)8-7-13(17)20-3/h4-6,9,14H,7-8H2,1-3H3. The molecule has 1 aromatic carbocycles. The first-order chi connectivity index (χ1) is 9.76. The lowest BCUT2D eigenvalue weighted by Gasteiger charge is -2.18. The maximum Gasteiger partial charge on any atom is 0.306 e. The Morgan fingerprint density at radius 2 is 2.00 bits per heavy atom. The molecule has 1 N–H and O–H groups in total. The van der Waals surface area contributed by atoms with Crippen LogP contribution in [0.2, 0.25) is 0 Å². The van der Waals surface area contributed by atoms with Crippen molar-refractivity contribution in [2.75, 3.05) is 25.4 Å². The molecule has 0 fully saturated rings. The third kappa shape index (κ3) is 5.16. The Kier molecular flexibility index (Phi) is 5.86. The second-order valence-electron chi connectivity index (χ2n) is 4.39. The molecule has 0 radical (unpaired) electrons. The van der Waals surface area contributed by atoms with Gasteiger partial charge in [-0.3, -0.25) is 14.3 Å². The maximum absolute atomic E-state index is 12.1. The summed E-state index contributed by atoms with van der Waals surface area (Å²) < 4.78 is 31.9. The summed E-state index contributed by atoms with van der Waals surface area (Å²) in [4.78, 5) is 22.3. The molecule has 8 heteroatoms. The SMILES string of the molecule is COC(=O)CCN(C)S(=O)(=O)Nc1cccc(C(C)=O)c1. The predicted octanol–water partition coefficient (Wildman–Crippen LogP) is 1.04. The van der Waals surface area contributed by atoms with Crippen molar-refractivity contribution in [2.45, 2.75) is 13.3 Å². The van der Waals surface area contributed by atoms with Crippen LogP contribution in [0.5, 0.6) is 0 Å². The lowest BCUT2D eigenvalue weighted by Crippen LogP contribution is -2.34. The number of hydrogen-bond acceptors (Lipinski definition) is 5. The van der Waals surface area contributed by atoms with Crippen LogP contribution in [0, 0.1) is 0 Å². The van der Waals surface area contributed by atoms with Crippen molar-refractivity contribution < 1.29 is 22.7 Å². The lowest BCUT2D eigenvalue weighted by atomic mass is 10.1. The topological polar surface area (TPSA) is 92.8 Å². The zero-order valence-corrected chi connectivity index (χ0v) is 12.9. The van der Waals surface area contributed by atoms with Crippen LogP contribution >= 0.6 is 0 Å². The summed E-state index contributed by atoms with van der Waals surface area (Å²) in [5.74, 6) is -0.647. The van der Waals surface area contributed by atoms with E-state index in [9.17, 15) is 18.0 Å². The van der Waals surface area contributed by atoms with Gasteiger partial charge in [-0.25, -0.2) is 0 Å². The van der Waals surface area contributed by atoms with Gasteiger partial charge in [0, 0.05) is 19.2 Å². The molecule has 0 unspecified atom stereocenters. The van der Waals surface area contributed by atoms with Crippen molar-refractivity contribution in [3.8, 4) is 0 Å². The van der Waals surface area contributed by atoms with Crippen molar-refractivity contribution in [3.05, 3.63) is 29.8 Å². The van der Waals surface area contributed by atoms with Crippen LogP contribution in [-0.4, -0.2) is 45.2 Å². The van der Waals surface area contributed by atoms with E-state index < -0.39 is 16.2 Å². The smallest absolute Gasteiger partial charge is 0.306 e. The van der Waals surface area contributed by atoms with E-state index in [0.29, 0.717) is 5.56 Å². The van der Waals surface area contributed by atoms with Gasteiger partial charge in [0.25, 0.3) is 0 Å². The monoisotopic (exact) mass is 314 g/mol. The molecule has 0 saturated carbocycles. The normalized spacial score (nSPS) is 11.2. The van der Waals surface area contributed by atoms with Crippen molar-refractivity contribution in [1.82, 2.24) is 4.31 Å². The molecular formula is C13H18N2O5S. The summed E-state index contributed by atoms with van der Waals surface area (Å²) in [5.41, 5.74) is 0.694. The van der Waals surface area contributed by atoms with E-state index in [4.69, 9.17) is 0 Å². The third-order valence-corrected chi connectivity index (χ3v) is 4.28. The van der Waals surface area contributed by atoms with Crippen LogP contribution in [-0.2, 0) is 19.7 Å². The Morgan fingerprint density at radius 3 is 2.57 bits per heavy atom. The predicted molar refractivity (Wildman–Crippen MR) is 78.3 cm³/mol. The summed E-state index contributed by atoms with van der Waals surface area (Å²) in [6.45, 7) is 1.39. The molecule has 0 spiro atoms. The molecule has 0 aliphatic rings. The number of Topliss-reactive ketones (excluding diaryl/α,β-unsaturated/α-hetero) is 1. The molecule has 0 bridgehead atoms. The summed E-state index contributed by atoms with van der Waals surface area (Å²) in [6.07, 6.45) is -0.0403. The van der Waals surface area contributed by atoms with Gasteiger partial charge in [0.1, 0.15) is 0 Å². The molecule has 116 valence electrons. The van der Waals surface area contributed by atoms with Crippen LogP contribution in [0.1, 0.15) is 23.7 Å². The first-order valence-electron chi connectivity index (χ1n) is 6.18. The summed E-state index contributed by atoms with van der Waals surface area (Å²) in [6, 6.07) is 6.18. The van der Waals surface area contributed by atoms with Gasteiger partial charge in [0.2, 0.25) is 0 Å². The molecular weight excluding hydrogens is 296 g/mol. The van der Waals surface area contributed by atoms with E-state index in [-0.39, 0.29) is 24.4 Å². The van der Waals surface area contributed by atoms with Gasteiger partial charge in [-0.1, -0.05) is 12.1 Å². The van der Waals surface area contributed by atoms with Crippen LogP contribution in [0.25, 0.3) is 0 Å². The van der Waals surface area contributed by atoms with Gasteiger partial charge < -0.3 is 4.74 Å². The van der Waals surface area contributed by atoms with Gasteiger partial charge in [-0.2, -0.15) is 12.7 Å². The number of anilines is 1. The maximum atomic E-state index is 12.1. The highest BCUT2D eigenvalue weighted by Crippen LogP contribution is 2.14. The van der Waals surface area contributed by atoms with Crippen LogP contribution in [0.3, 0.4) is 0 Å². The fraction of sp³-hybridized carbons (Fsp3) is 0.385. The number of nitrogens with zero attached hydrogens (tertiary/aromatic N) is 1. The highest BCUT2D eigenvalue weighted by Gasteiger charge is 2.19. The first-order valence-corrected chi connectivity index (χ1v) is 7.62. The Hall–Kier alpha value is -1.93. The number of ketones is 1. The van der Waals surface area contributed by atoms with E-state index in [1.54, 1.807) is 12.1 Å². The number of esters is 1. The zero-order chi connectivity index (χ0) is 16.0. The van der Waals surface area contributed by atoms with Crippen molar-refractivity contribution in [2.24, 2.45) is 0 Å². The Bertz CT molecular complexity index is 627. The third-order valence-electron chi connectivity index (χ3n) is 2.78. The van der Waals surface area contributed by atoms with Gasteiger partial charge in [0.05, 0.1) is 19.2 Å². The number of nitrogens with one attached hydrogen (secondary N) is 1. The average molecular weight is 314 g/mol. The Balaban J connectivity index is 2.77. The van der Waals surface area contributed by atoms with Gasteiger partial charge in [-0.15, -0.1) is 0 Å². The summed E-state index contributed by atoms with van der Waals surface area (Å²) in [7, 11) is -1.21. The number of benzene rings is 1. The van der Waals surface area contributed by atoms with E-state index in [1.807, 2.05) is 0 Å². The number of carbonyl (C=O) groups excluding carboxylic acids is 2. The molecule has 21 heavy (non-hydrogen) atoms. The molecule has 0 heterocycles. The largest absolute Gasteiger partial charge is 0.469 e. The van der Waals surface area contributed by atoms with Crippen molar-refractivity contribution in [1.29, 1.82) is 0 Å². The Labute approximate surface area is 124 Å². The number of ether oxygens (including phenoxy) is 1. The summed E-state index contributed by atoms with van der Waals surface area (Å²) in [5, 5.41) is 0. The first kappa shape index (κ1) is 17.1. The molecule has 0 saturated heterocycles. The number of carbonyl (C=O) groups is 2. The highest BCUT2D eigenvalue weighted by molar-refractivity contribution is 7.90. The molecule has 0 aromatic heterocycles.